The molecule has 1 saturated heterocycles. The van der Waals surface area contributed by atoms with Gasteiger partial charge in [-0.15, -0.1) is 0 Å². The van der Waals surface area contributed by atoms with Crippen molar-refractivity contribution in [2.75, 3.05) is 58.2 Å². The van der Waals surface area contributed by atoms with Crippen molar-refractivity contribution in [1.82, 2.24) is 15.5 Å². The summed E-state index contributed by atoms with van der Waals surface area (Å²) >= 11 is 0. The van der Waals surface area contributed by atoms with Gasteiger partial charge in [-0.25, -0.2) is 0 Å². The number of hydrogen-bond donors (Lipinski definition) is 2. The van der Waals surface area contributed by atoms with Gasteiger partial charge in [0.25, 0.3) is 0 Å². The summed E-state index contributed by atoms with van der Waals surface area (Å²) in [5.41, 5.74) is 0. The highest BCUT2D eigenvalue weighted by molar-refractivity contribution is 7.85. The molecular weight excluding hydrogens is 354 g/mol. The largest absolute Gasteiger partial charge is 0.486 e. The average Bonchev–Trinajstić information content (AvgIpc) is 2.70. The summed E-state index contributed by atoms with van der Waals surface area (Å²) in [7, 11) is -1.22. The maximum absolute atomic E-state index is 12.4. The molecule has 0 spiro atoms. The van der Waals surface area contributed by atoms with Crippen LogP contribution < -0.4 is 20.1 Å². The Labute approximate surface area is 156 Å². The number of rotatable bonds is 8. The molecule has 3 rings (SSSR count). The molecule has 0 aromatic heterocycles. The Kier molecular flexibility index (Phi) is 7.28. The van der Waals surface area contributed by atoms with E-state index in [1.54, 1.807) is 18.2 Å². The first-order valence-electron chi connectivity index (χ1n) is 9.20. The normalized spacial score (nSPS) is 18.3. The number of fused-ring (bicyclic) bond motifs is 1. The first-order valence-corrected chi connectivity index (χ1v) is 10.5. The summed E-state index contributed by atoms with van der Waals surface area (Å²) in [5.74, 6) is 1.57. The van der Waals surface area contributed by atoms with Crippen LogP contribution in [0.2, 0.25) is 0 Å². The third-order valence-electron chi connectivity index (χ3n) is 4.47. The van der Waals surface area contributed by atoms with Crippen molar-refractivity contribution in [3.05, 3.63) is 18.2 Å². The van der Waals surface area contributed by atoms with Gasteiger partial charge in [0.2, 0.25) is 5.91 Å². The number of amides is 1. The van der Waals surface area contributed by atoms with Crippen molar-refractivity contribution < 1.29 is 18.5 Å². The van der Waals surface area contributed by atoms with E-state index in [1.807, 2.05) is 0 Å². The van der Waals surface area contributed by atoms with Gasteiger partial charge in [0.15, 0.2) is 11.5 Å². The van der Waals surface area contributed by atoms with Crippen LogP contribution in [0.5, 0.6) is 11.5 Å². The van der Waals surface area contributed by atoms with Gasteiger partial charge in [0, 0.05) is 55.9 Å². The van der Waals surface area contributed by atoms with Gasteiger partial charge in [-0.1, -0.05) is 0 Å². The van der Waals surface area contributed by atoms with E-state index in [1.165, 1.54) is 0 Å². The van der Waals surface area contributed by atoms with E-state index in [0.29, 0.717) is 41.9 Å². The van der Waals surface area contributed by atoms with Crippen LogP contribution in [0.15, 0.2) is 23.1 Å². The van der Waals surface area contributed by atoms with Crippen LogP contribution in [0.25, 0.3) is 0 Å². The number of carbonyl (C=O) groups is 1. The fourth-order valence-corrected chi connectivity index (χ4v) is 4.09. The molecule has 144 valence electrons. The summed E-state index contributed by atoms with van der Waals surface area (Å²) < 4.78 is 23.4. The maximum Gasteiger partial charge on any atom is 0.220 e. The van der Waals surface area contributed by atoms with Gasteiger partial charge < -0.3 is 25.0 Å². The zero-order valence-electron chi connectivity index (χ0n) is 15.0. The predicted molar refractivity (Wildman–Crippen MR) is 100 cm³/mol. The SMILES string of the molecule is O=C(CCS(=O)c1ccc2c(c1)OCCO2)NCCCN1CCNCC1. The molecule has 0 aliphatic carbocycles. The molecule has 2 aliphatic heterocycles. The van der Waals surface area contributed by atoms with Gasteiger partial charge in [-0.2, -0.15) is 0 Å². The summed E-state index contributed by atoms with van der Waals surface area (Å²) in [6, 6.07) is 5.29. The molecule has 1 atom stereocenters. The third kappa shape index (κ3) is 5.69. The first-order chi connectivity index (χ1) is 12.7. The number of ether oxygens (including phenoxy) is 2. The van der Waals surface area contributed by atoms with Crippen LogP contribution in [-0.2, 0) is 15.6 Å². The van der Waals surface area contributed by atoms with E-state index in [-0.39, 0.29) is 12.3 Å². The molecular formula is C18H27N3O4S. The Morgan fingerprint density at radius 3 is 2.77 bits per heavy atom. The van der Waals surface area contributed by atoms with Crippen LogP contribution in [0, 0.1) is 0 Å². The van der Waals surface area contributed by atoms with E-state index in [9.17, 15) is 9.00 Å². The summed E-state index contributed by atoms with van der Waals surface area (Å²) in [4.78, 5) is 15.0. The molecule has 7 nitrogen and oxygen atoms in total. The van der Waals surface area contributed by atoms with E-state index in [2.05, 4.69) is 15.5 Å². The topological polar surface area (TPSA) is 79.9 Å². The lowest BCUT2D eigenvalue weighted by Crippen LogP contribution is -2.44. The molecule has 0 radical (unpaired) electrons. The quantitative estimate of drug-likeness (QED) is 0.634. The summed E-state index contributed by atoms with van der Waals surface area (Å²) in [5, 5.41) is 6.24. The van der Waals surface area contributed by atoms with Crippen LogP contribution in [-0.4, -0.2) is 73.3 Å². The third-order valence-corrected chi connectivity index (χ3v) is 5.83. The molecule has 1 unspecified atom stereocenters. The van der Waals surface area contributed by atoms with Crippen LogP contribution >= 0.6 is 0 Å². The molecule has 1 fully saturated rings. The van der Waals surface area contributed by atoms with Gasteiger partial charge >= 0.3 is 0 Å². The van der Waals surface area contributed by atoms with Crippen molar-refractivity contribution in [2.45, 2.75) is 17.7 Å². The van der Waals surface area contributed by atoms with Gasteiger partial charge in [-0.3, -0.25) is 9.00 Å². The van der Waals surface area contributed by atoms with Crippen molar-refractivity contribution in [2.24, 2.45) is 0 Å². The number of hydrogen-bond acceptors (Lipinski definition) is 6. The lowest BCUT2D eigenvalue weighted by atomic mass is 10.3. The van der Waals surface area contributed by atoms with Gasteiger partial charge in [0.1, 0.15) is 13.2 Å². The molecule has 2 N–H and O–H groups in total. The van der Waals surface area contributed by atoms with Crippen molar-refractivity contribution in [1.29, 1.82) is 0 Å². The van der Waals surface area contributed by atoms with E-state index in [4.69, 9.17) is 9.47 Å². The molecule has 0 saturated carbocycles. The second kappa shape index (κ2) is 9.89. The lowest BCUT2D eigenvalue weighted by Gasteiger charge is -2.27. The van der Waals surface area contributed by atoms with Crippen LogP contribution in [0.3, 0.4) is 0 Å². The molecule has 2 heterocycles. The zero-order valence-corrected chi connectivity index (χ0v) is 15.8. The molecule has 1 aromatic rings. The summed E-state index contributed by atoms with van der Waals surface area (Å²) in [6.45, 7) is 6.93. The minimum absolute atomic E-state index is 0.0452. The van der Waals surface area contributed by atoms with E-state index >= 15 is 0 Å². The Morgan fingerprint density at radius 2 is 1.96 bits per heavy atom. The first kappa shape index (κ1) is 19.1. The van der Waals surface area contributed by atoms with Crippen molar-refractivity contribution >= 4 is 16.7 Å². The average molecular weight is 381 g/mol. The minimum Gasteiger partial charge on any atom is -0.486 e. The Morgan fingerprint density at radius 1 is 1.19 bits per heavy atom. The number of carbonyl (C=O) groups excluding carboxylic acids is 1. The zero-order chi connectivity index (χ0) is 18.2. The molecule has 0 bridgehead atoms. The molecule has 1 aromatic carbocycles. The fourth-order valence-electron chi connectivity index (χ4n) is 3.02. The Bertz CT molecular complexity index is 635. The number of benzene rings is 1. The number of nitrogens with zero attached hydrogens (tertiary/aromatic N) is 1. The van der Waals surface area contributed by atoms with Crippen molar-refractivity contribution in [3.63, 3.8) is 0 Å². The van der Waals surface area contributed by atoms with Gasteiger partial charge in [0.05, 0.1) is 10.8 Å². The fraction of sp³-hybridized carbons (Fsp3) is 0.611. The number of nitrogens with one attached hydrogen (secondary N) is 2. The smallest absolute Gasteiger partial charge is 0.220 e. The standard InChI is InChI=1S/C18H27N3O4S/c22-18(20-5-1-8-21-9-6-19-7-10-21)4-13-26(23)15-2-3-16-17(14-15)25-12-11-24-16/h2-3,14,19H,1,4-13H2,(H,20,22). The van der Waals surface area contributed by atoms with Crippen LogP contribution in [0.4, 0.5) is 0 Å². The second-order valence-electron chi connectivity index (χ2n) is 6.40. The molecule has 1 amide bonds. The minimum atomic E-state index is -1.22. The molecule has 26 heavy (non-hydrogen) atoms. The highest BCUT2D eigenvalue weighted by Gasteiger charge is 2.15. The monoisotopic (exact) mass is 381 g/mol. The molecule has 8 heteroatoms. The second-order valence-corrected chi connectivity index (χ2v) is 7.97. The van der Waals surface area contributed by atoms with Gasteiger partial charge in [-0.05, 0) is 25.1 Å². The maximum atomic E-state index is 12.4. The lowest BCUT2D eigenvalue weighted by molar-refractivity contribution is -0.120. The highest BCUT2D eigenvalue weighted by Crippen LogP contribution is 2.31. The Balaban J connectivity index is 1.34. The van der Waals surface area contributed by atoms with Crippen LogP contribution in [0.1, 0.15) is 12.8 Å². The predicted octanol–water partition coefficient (Wildman–Crippen LogP) is 0.367. The highest BCUT2D eigenvalue weighted by atomic mass is 32.2. The summed E-state index contributed by atoms with van der Waals surface area (Å²) in [6.07, 6.45) is 1.20. The van der Waals surface area contributed by atoms with E-state index in [0.717, 1.165) is 39.1 Å². The van der Waals surface area contributed by atoms with Crippen molar-refractivity contribution in [3.8, 4) is 11.5 Å². The number of piperazine rings is 1. The molecule has 2 aliphatic rings. The van der Waals surface area contributed by atoms with E-state index < -0.39 is 10.8 Å². The Hall–Kier alpha value is -1.64.